The molecule has 2 rings (SSSR count). The molecule has 7 nitrogen and oxygen atoms in total. The number of halogens is 1. The number of urea groups is 1. The summed E-state index contributed by atoms with van der Waals surface area (Å²) in [5, 5.41) is 6.09. The van der Waals surface area contributed by atoms with Gasteiger partial charge in [0.15, 0.2) is 5.16 Å². The van der Waals surface area contributed by atoms with Crippen molar-refractivity contribution in [1.29, 1.82) is 0 Å². The lowest BCUT2D eigenvalue weighted by atomic mass is 10.2. The van der Waals surface area contributed by atoms with Crippen LogP contribution in [0.5, 0.6) is 0 Å². The molecule has 9 heteroatoms. The number of aromatic nitrogens is 2. The lowest BCUT2D eigenvalue weighted by Crippen LogP contribution is -2.40. The Morgan fingerprint density at radius 3 is 2.76 bits per heavy atom. The molecule has 0 aliphatic rings. The van der Waals surface area contributed by atoms with E-state index in [1.807, 2.05) is 6.92 Å². The second-order valence-electron chi connectivity index (χ2n) is 5.21. The van der Waals surface area contributed by atoms with E-state index in [1.165, 1.54) is 0 Å². The predicted octanol–water partition coefficient (Wildman–Crippen LogP) is 2.40. The van der Waals surface area contributed by atoms with Crippen molar-refractivity contribution in [2.75, 3.05) is 12.3 Å². The molecule has 0 spiro atoms. The lowest BCUT2D eigenvalue weighted by Gasteiger charge is -2.12. The Bertz CT molecular complexity index is 853. The van der Waals surface area contributed by atoms with Crippen molar-refractivity contribution in [3.05, 3.63) is 33.6 Å². The Hall–Kier alpha value is -2.06. The van der Waals surface area contributed by atoms with E-state index >= 15 is 0 Å². The number of rotatable bonds is 6. The van der Waals surface area contributed by atoms with Gasteiger partial charge in [-0.25, -0.2) is 9.78 Å². The third-order valence-electron chi connectivity index (χ3n) is 3.25. The molecule has 25 heavy (non-hydrogen) atoms. The number of nitrogens with zero attached hydrogens (tertiary/aromatic N) is 2. The molecule has 0 radical (unpaired) electrons. The summed E-state index contributed by atoms with van der Waals surface area (Å²) in [5.41, 5.74) is 0.312. The van der Waals surface area contributed by atoms with Crippen LogP contribution in [0.2, 0.25) is 5.02 Å². The van der Waals surface area contributed by atoms with Crippen LogP contribution in [0.15, 0.2) is 28.2 Å². The van der Waals surface area contributed by atoms with Crippen LogP contribution in [0.4, 0.5) is 4.79 Å². The quantitative estimate of drug-likeness (QED) is 0.591. The standard InChI is InChI=1S/C16H19ClN4O3S/c1-3-7-21-14(23)11-6-5-10(17)8-12(11)19-16(21)25-9-13(22)20-15(24)18-4-2/h5-6,8H,3-4,7,9H2,1-2H3,(H2,18,20,22,24). The fraction of sp³-hybridized carbons (Fsp3) is 0.375. The van der Waals surface area contributed by atoms with Gasteiger partial charge in [0.2, 0.25) is 5.91 Å². The van der Waals surface area contributed by atoms with Crippen LogP contribution >= 0.6 is 23.4 Å². The van der Waals surface area contributed by atoms with Gasteiger partial charge in [0.25, 0.3) is 5.56 Å². The topological polar surface area (TPSA) is 93.1 Å². The molecule has 134 valence electrons. The molecule has 0 aliphatic heterocycles. The number of benzene rings is 1. The van der Waals surface area contributed by atoms with Gasteiger partial charge in [-0.15, -0.1) is 0 Å². The van der Waals surface area contributed by atoms with E-state index in [1.54, 1.807) is 29.7 Å². The van der Waals surface area contributed by atoms with Gasteiger partial charge in [-0.1, -0.05) is 30.3 Å². The summed E-state index contributed by atoms with van der Waals surface area (Å²) in [5.74, 6) is -0.487. The minimum absolute atomic E-state index is 0.0284. The summed E-state index contributed by atoms with van der Waals surface area (Å²) < 4.78 is 1.54. The second kappa shape index (κ2) is 8.87. The minimum Gasteiger partial charge on any atom is -0.338 e. The zero-order chi connectivity index (χ0) is 18.4. The maximum absolute atomic E-state index is 12.7. The fourth-order valence-electron chi connectivity index (χ4n) is 2.20. The normalized spacial score (nSPS) is 10.7. The zero-order valence-corrected chi connectivity index (χ0v) is 15.5. The average Bonchev–Trinajstić information content (AvgIpc) is 2.56. The van der Waals surface area contributed by atoms with E-state index in [4.69, 9.17) is 11.6 Å². The highest BCUT2D eigenvalue weighted by molar-refractivity contribution is 7.99. The molecule has 0 saturated heterocycles. The molecule has 2 N–H and O–H groups in total. The smallest absolute Gasteiger partial charge is 0.321 e. The van der Waals surface area contributed by atoms with Gasteiger partial charge in [0, 0.05) is 18.1 Å². The van der Waals surface area contributed by atoms with Crippen LogP contribution in [-0.4, -0.2) is 33.8 Å². The van der Waals surface area contributed by atoms with Crippen LogP contribution < -0.4 is 16.2 Å². The van der Waals surface area contributed by atoms with Crippen LogP contribution in [0, 0.1) is 0 Å². The van der Waals surface area contributed by atoms with E-state index in [2.05, 4.69) is 15.6 Å². The summed E-state index contributed by atoms with van der Waals surface area (Å²) in [6, 6.07) is 4.37. The molecule has 2 aromatic rings. The highest BCUT2D eigenvalue weighted by atomic mass is 35.5. The number of fused-ring (bicyclic) bond motifs is 1. The first-order chi connectivity index (χ1) is 12.0. The average molecular weight is 383 g/mol. The number of hydrogen-bond acceptors (Lipinski definition) is 5. The van der Waals surface area contributed by atoms with E-state index in [-0.39, 0.29) is 11.3 Å². The molecule has 0 unspecified atom stereocenters. The van der Waals surface area contributed by atoms with E-state index < -0.39 is 11.9 Å². The van der Waals surface area contributed by atoms with Gasteiger partial charge in [-0.3, -0.25) is 19.5 Å². The van der Waals surface area contributed by atoms with Gasteiger partial charge < -0.3 is 5.32 Å². The van der Waals surface area contributed by atoms with E-state index in [0.717, 1.165) is 18.2 Å². The first-order valence-electron chi connectivity index (χ1n) is 7.86. The van der Waals surface area contributed by atoms with Crippen LogP contribution in [0.25, 0.3) is 10.9 Å². The van der Waals surface area contributed by atoms with Crippen molar-refractivity contribution in [2.24, 2.45) is 0 Å². The molecule has 0 saturated carbocycles. The molecular weight excluding hydrogens is 364 g/mol. The largest absolute Gasteiger partial charge is 0.338 e. The SMILES string of the molecule is CCCn1c(SCC(=O)NC(=O)NCC)nc2cc(Cl)ccc2c1=O. The van der Waals surface area contributed by atoms with Crippen LogP contribution in [0.1, 0.15) is 20.3 Å². The summed E-state index contributed by atoms with van der Waals surface area (Å²) in [6.07, 6.45) is 0.749. The number of hydrogen-bond donors (Lipinski definition) is 2. The summed E-state index contributed by atoms with van der Waals surface area (Å²) >= 11 is 7.08. The summed E-state index contributed by atoms with van der Waals surface area (Å²) in [6.45, 7) is 4.63. The van der Waals surface area contributed by atoms with Crippen molar-refractivity contribution >= 4 is 46.2 Å². The van der Waals surface area contributed by atoms with Gasteiger partial charge in [-0.05, 0) is 31.5 Å². The third kappa shape index (κ3) is 4.96. The fourth-order valence-corrected chi connectivity index (χ4v) is 3.19. The first-order valence-corrected chi connectivity index (χ1v) is 9.23. The van der Waals surface area contributed by atoms with E-state index in [0.29, 0.717) is 34.2 Å². The van der Waals surface area contributed by atoms with Gasteiger partial charge in [-0.2, -0.15) is 0 Å². The summed E-state index contributed by atoms with van der Waals surface area (Å²) in [7, 11) is 0. The van der Waals surface area contributed by atoms with Crippen molar-refractivity contribution in [3.63, 3.8) is 0 Å². The maximum Gasteiger partial charge on any atom is 0.321 e. The zero-order valence-electron chi connectivity index (χ0n) is 14.0. The van der Waals surface area contributed by atoms with Crippen molar-refractivity contribution in [2.45, 2.75) is 32.0 Å². The van der Waals surface area contributed by atoms with Crippen molar-refractivity contribution in [3.8, 4) is 0 Å². The van der Waals surface area contributed by atoms with Crippen molar-refractivity contribution < 1.29 is 9.59 Å². The van der Waals surface area contributed by atoms with Gasteiger partial charge >= 0.3 is 6.03 Å². The summed E-state index contributed by atoms with van der Waals surface area (Å²) in [4.78, 5) is 40.3. The Morgan fingerprint density at radius 2 is 2.08 bits per heavy atom. The molecule has 3 amide bonds. The van der Waals surface area contributed by atoms with Crippen molar-refractivity contribution in [1.82, 2.24) is 20.2 Å². The third-order valence-corrected chi connectivity index (χ3v) is 4.46. The number of imide groups is 1. The van der Waals surface area contributed by atoms with Gasteiger partial charge in [0.1, 0.15) is 0 Å². The lowest BCUT2D eigenvalue weighted by molar-refractivity contribution is -0.117. The molecule has 0 bridgehead atoms. The highest BCUT2D eigenvalue weighted by Crippen LogP contribution is 2.20. The Labute approximate surface area is 154 Å². The number of carbonyl (C=O) groups is 2. The predicted molar refractivity (Wildman–Crippen MR) is 99.2 cm³/mol. The van der Waals surface area contributed by atoms with Gasteiger partial charge in [0.05, 0.1) is 16.7 Å². The second-order valence-corrected chi connectivity index (χ2v) is 6.59. The Balaban J connectivity index is 2.26. The molecule has 1 aromatic heterocycles. The Kier molecular flexibility index (Phi) is 6.83. The van der Waals surface area contributed by atoms with Crippen LogP contribution in [-0.2, 0) is 11.3 Å². The highest BCUT2D eigenvalue weighted by Gasteiger charge is 2.14. The monoisotopic (exact) mass is 382 g/mol. The molecule has 1 aromatic carbocycles. The number of amides is 3. The number of carbonyl (C=O) groups excluding carboxylic acids is 2. The maximum atomic E-state index is 12.7. The molecule has 0 fully saturated rings. The van der Waals surface area contributed by atoms with Crippen LogP contribution in [0.3, 0.4) is 0 Å². The molecule has 1 heterocycles. The van der Waals surface area contributed by atoms with E-state index in [9.17, 15) is 14.4 Å². The minimum atomic E-state index is -0.544. The number of thioether (sulfide) groups is 1. The molecular formula is C16H19ClN4O3S. The first kappa shape index (κ1) is 19.3. The molecule has 0 aliphatic carbocycles. The number of nitrogens with one attached hydrogen (secondary N) is 2. The molecule has 0 atom stereocenters. The Morgan fingerprint density at radius 1 is 1.32 bits per heavy atom.